The molecular weight excluding hydrogens is 426 g/mol. The molecule has 0 heterocycles. The molecule has 8 nitrogen and oxygen atoms in total. The highest BCUT2D eigenvalue weighted by molar-refractivity contribution is 6.30. The fourth-order valence-electron chi connectivity index (χ4n) is 2.55. The van der Waals surface area contributed by atoms with Crippen molar-refractivity contribution in [3.63, 3.8) is 0 Å². The number of ether oxygens (including phenoxy) is 3. The molecule has 162 valence electrons. The molecule has 2 aromatic carbocycles. The van der Waals surface area contributed by atoms with Gasteiger partial charge in [-0.2, -0.15) is 0 Å². The lowest BCUT2D eigenvalue weighted by Gasteiger charge is -2.22. The minimum atomic E-state index is -2.71. The van der Waals surface area contributed by atoms with Gasteiger partial charge in [0.1, 0.15) is 0 Å². The second-order valence-electron chi connectivity index (χ2n) is 5.97. The van der Waals surface area contributed by atoms with E-state index >= 15 is 0 Å². The van der Waals surface area contributed by atoms with Crippen LogP contribution in [0, 0.1) is 10.1 Å². The highest BCUT2D eigenvalue weighted by Crippen LogP contribution is 2.38. The topological polar surface area (TPSA) is 91.1 Å². The van der Waals surface area contributed by atoms with Crippen LogP contribution in [0.3, 0.4) is 0 Å². The summed E-state index contributed by atoms with van der Waals surface area (Å²) in [7, 11) is 2.71. The molecule has 2 rings (SSSR count). The third-order valence-corrected chi connectivity index (χ3v) is 4.19. The van der Waals surface area contributed by atoms with Crippen molar-refractivity contribution < 1.29 is 32.7 Å². The number of carbonyl (C=O) groups is 1. The number of nitrogens with zero attached hydrogens (tertiary/aromatic N) is 2. The zero-order valence-corrected chi connectivity index (χ0v) is 16.9. The van der Waals surface area contributed by atoms with Crippen molar-refractivity contribution in [1.82, 2.24) is 4.90 Å². The summed E-state index contributed by atoms with van der Waals surface area (Å²) in [5.74, 6) is -0.540. The van der Waals surface area contributed by atoms with Gasteiger partial charge in [-0.1, -0.05) is 11.6 Å². The molecule has 0 aliphatic carbocycles. The first-order valence-electron chi connectivity index (χ1n) is 8.63. The molecule has 0 aliphatic rings. The summed E-state index contributed by atoms with van der Waals surface area (Å²) in [5.41, 5.74) is -0.270. The summed E-state index contributed by atoms with van der Waals surface area (Å²) >= 11 is 5.79. The fraction of sp³-hybridized carbons (Fsp3) is 0.316. The maximum absolute atomic E-state index is 12.8. The number of hydrogen-bond acceptors (Lipinski definition) is 6. The lowest BCUT2D eigenvalue weighted by molar-refractivity contribution is -0.385. The fourth-order valence-corrected chi connectivity index (χ4v) is 2.72. The van der Waals surface area contributed by atoms with Gasteiger partial charge in [-0.05, 0) is 30.3 Å². The zero-order chi connectivity index (χ0) is 22.3. The standard InChI is InChI=1S/C19H19ClF2N2O6/c1-28-8-7-23(11-18(21)22)19(25)12-3-5-16(17(9-12)29-2)30-15-6-4-13(20)10-14(15)24(26)27/h3-6,9-10,18H,7-8,11H2,1-2H3. The Morgan fingerprint density at radius 1 is 1.17 bits per heavy atom. The van der Waals surface area contributed by atoms with E-state index in [9.17, 15) is 23.7 Å². The number of alkyl halides is 2. The molecule has 0 atom stereocenters. The van der Waals surface area contributed by atoms with Gasteiger partial charge < -0.3 is 19.1 Å². The first kappa shape index (κ1) is 23.3. The minimum absolute atomic E-state index is 0.0167. The molecule has 0 aliphatic heterocycles. The molecule has 0 radical (unpaired) electrons. The average Bonchev–Trinajstić information content (AvgIpc) is 2.71. The van der Waals surface area contributed by atoms with E-state index in [1.807, 2.05) is 0 Å². The van der Waals surface area contributed by atoms with E-state index in [1.165, 1.54) is 44.6 Å². The van der Waals surface area contributed by atoms with E-state index in [-0.39, 0.29) is 46.7 Å². The van der Waals surface area contributed by atoms with Crippen LogP contribution in [0.1, 0.15) is 10.4 Å². The quantitative estimate of drug-likeness (QED) is 0.398. The van der Waals surface area contributed by atoms with Crippen LogP contribution in [0.2, 0.25) is 5.02 Å². The van der Waals surface area contributed by atoms with E-state index in [1.54, 1.807) is 0 Å². The maximum Gasteiger partial charge on any atom is 0.313 e. The van der Waals surface area contributed by atoms with Crippen molar-refractivity contribution in [3.8, 4) is 17.2 Å². The Morgan fingerprint density at radius 3 is 2.47 bits per heavy atom. The molecule has 30 heavy (non-hydrogen) atoms. The molecule has 0 aromatic heterocycles. The normalized spacial score (nSPS) is 10.7. The molecule has 1 amide bonds. The summed E-state index contributed by atoms with van der Waals surface area (Å²) in [6, 6.07) is 7.92. The Hall–Kier alpha value is -2.98. The van der Waals surface area contributed by atoms with Crippen molar-refractivity contribution in [1.29, 1.82) is 0 Å². The lowest BCUT2D eigenvalue weighted by atomic mass is 10.1. The largest absolute Gasteiger partial charge is 0.493 e. The van der Waals surface area contributed by atoms with Crippen LogP contribution in [0.15, 0.2) is 36.4 Å². The number of carbonyl (C=O) groups excluding carboxylic acids is 1. The summed E-state index contributed by atoms with van der Waals surface area (Å²) in [5, 5.41) is 11.4. The molecule has 0 fully saturated rings. The van der Waals surface area contributed by atoms with Gasteiger partial charge in [-0.3, -0.25) is 14.9 Å². The predicted molar refractivity (Wildman–Crippen MR) is 105 cm³/mol. The molecule has 0 unspecified atom stereocenters. The van der Waals surface area contributed by atoms with E-state index in [2.05, 4.69) is 0 Å². The Kier molecular flexibility index (Phi) is 8.31. The molecule has 0 saturated carbocycles. The van der Waals surface area contributed by atoms with Gasteiger partial charge in [-0.25, -0.2) is 8.78 Å². The predicted octanol–water partition coefficient (Wildman–Crippen LogP) is 4.40. The van der Waals surface area contributed by atoms with Crippen LogP contribution in [-0.4, -0.2) is 56.1 Å². The SMILES string of the molecule is COCCN(CC(F)F)C(=O)c1ccc(Oc2ccc(Cl)cc2[N+](=O)[O-])c(OC)c1. The van der Waals surface area contributed by atoms with Gasteiger partial charge in [-0.15, -0.1) is 0 Å². The number of benzene rings is 2. The Balaban J connectivity index is 2.32. The molecule has 0 spiro atoms. The Labute approximate surface area is 176 Å². The van der Waals surface area contributed by atoms with Crippen molar-refractivity contribution >= 4 is 23.2 Å². The van der Waals surface area contributed by atoms with E-state index in [0.717, 1.165) is 11.0 Å². The summed E-state index contributed by atoms with van der Waals surface area (Å²) < 4.78 is 41.3. The van der Waals surface area contributed by atoms with Gasteiger partial charge in [0, 0.05) is 30.3 Å². The minimum Gasteiger partial charge on any atom is -0.493 e. The monoisotopic (exact) mass is 444 g/mol. The van der Waals surface area contributed by atoms with Gasteiger partial charge in [0.25, 0.3) is 12.3 Å². The first-order valence-corrected chi connectivity index (χ1v) is 9.00. The van der Waals surface area contributed by atoms with Gasteiger partial charge in [0.15, 0.2) is 11.5 Å². The van der Waals surface area contributed by atoms with Crippen LogP contribution in [0.5, 0.6) is 17.2 Å². The molecule has 2 aromatic rings. The van der Waals surface area contributed by atoms with Gasteiger partial charge in [0.2, 0.25) is 5.75 Å². The number of halogens is 3. The van der Waals surface area contributed by atoms with Crippen LogP contribution in [0.25, 0.3) is 0 Å². The first-order chi connectivity index (χ1) is 14.3. The lowest BCUT2D eigenvalue weighted by Crippen LogP contribution is -2.37. The number of rotatable bonds is 10. The number of nitro groups is 1. The Morgan fingerprint density at radius 2 is 1.87 bits per heavy atom. The van der Waals surface area contributed by atoms with Crippen molar-refractivity contribution in [2.45, 2.75) is 6.43 Å². The molecular formula is C19H19ClF2N2O6. The molecule has 0 bridgehead atoms. The van der Waals surface area contributed by atoms with Crippen molar-refractivity contribution in [2.75, 3.05) is 33.9 Å². The van der Waals surface area contributed by atoms with Crippen molar-refractivity contribution in [3.05, 3.63) is 57.1 Å². The van der Waals surface area contributed by atoms with Crippen LogP contribution in [-0.2, 0) is 4.74 Å². The summed E-state index contributed by atoms with van der Waals surface area (Å²) in [4.78, 5) is 24.2. The molecule has 0 N–H and O–H groups in total. The molecule has 0 saturated heterocycles. The van der Waals surface area contributed by atoms with E-state index < -0.39 is 23.8 Å². The van der Waals surface area contributed by atoms with Crippen LogP contribution >= 0.6 is 11.6 Å². The highest BCUT2D eigenvalue weighted by atomic mass is 35.5. The second kappa shape index (κ2) is 10.7. The van der Waals surface area contributed by atoms with Crippen molar-refractivity contribution in [2.24, 2.45) is 0 Å². The van der Waals surface area contributed by atoms with E-state index in [0.29, 0.717) is 0 Å². The average molecular weight is 445 g/mol. The van der Waals surface area contributed by atoms with Crippen LogP contribution in [0.4, 0.5) is 14.5 Å². The number of nitro benzene ring substituents is 1. The molecule has 11 heteroatoms. The third kappa shape index (κ3) is 6.01. The van der Waals surface area contributed by atoms with E-state index in [4.69, 9.17) is 25.8 Å². The summed E-state index contributed by atoms with van der Waals surface area (Å²) in [6.45, 7) is -0.673. The second-order valence-corrected chi connectivity index (χ2v) is 6.41. The maximum atomic E-state index is 12.8. The van der Waals surface area contributed by atoms with Gasteiger partial charge in [0.05, 0.1) is 25.2 Å². The Bertz CT molecular complexity index is 913. The number of amides is 1. The number of hydrogen-bond donors (Lipinski definition) is 0. The highest BCUT2D eigenvalue weighted by Gasteiger charge is 2.22. The smallest absolute Gasteiger partial charge is 0.313 e. The zero-order valence-electron chi connectivity index (χ0n) is 16.1. The third-order valence-electron chi connectivity index (χ3n) is 3.96. The summed E-state index contributed by atoms with van der Waals surface area (Å²) in [6.07, 6.45) is -2.71. The number of methoxy groups -OCH3 is 2. The van der Waals surface area contributed by atoms with Crippen LogP contribution < -0.4 is 9.47 Å². The van der Waals surface area contributed by atoms with Gasteiger partial charge >= 0.3 is 5.69 Å².